The van der Waals surface area contributed by atoms with Crippen LogP contribution in [0.15, 0.2) is 52.1 Å². The number of benzene rings is 2. The van der Waals surface area contributed by atoms with E-state index >= 15 is 0 Å². The Hall–Kier alpha value is -2.80. The smallest absolute Gasteiger partial charge is 0.277 e. The Kier molecular flexibility index (Phi) is 4.85. The normalized spacial score (nSPS) is 15.6. The minimum atomic E-state index is -0.461. The fourth-order valence-electron chi connectivity index (χ4n) is 2.88. The van der Waals surface area contributed by atoms with Crippen LogP contribution in [0.25, 0.3) is 0 Å². The molecule has 0 radical (unpaired) electrons. The molecule has 1 aromatic heterocycles. The van der Waals surface area contributed by atoms with E-state index in [9.17, 15) is 4.79 Å². The summed E-state index contributed by atoms with van der Waals surface area (Å²) in [5.41, 5.74) is 2.82. The topological polar surface area (TPSA) is 74.5 Å². The number of nitrogens with zero attached hydrogens (tertiary/aromatic N) is 2. The second-order valence-electron chi connectivity index (χ2n) is 6.30. The molecular formula is C20H18N2O4S. The summed E-state index contributed by atoms with van der Waals surface area (Å²) in [5, 5.41) is 8.39. The average Bonchev–Trinajstić information content (AvgIpc) is 3.15. The SMILES string of the molecule is Cc1ccc(C(=O)CSc2nnc([C@H]3COc4ccccc4O3)o2)c(C)c1. The fraction of sp³-hybridized carbons (Fsp3) is 0.250. The predicted molar refractivity (Wildman–Crippen MR) is 101 cm³/mol. The standard InChI is InChI=1S/C20H18N2O4S/c1-12-7-8-14(13(2)9-12)15(23)11-27-20-22-21-19(26-20)18-10-24-16-5-3-4-6-17(16)25-18/h3-9,18H,10-11H2,1-2H3/t18-/m1/s1. The second-order valence-corrected chi connectivity index (χ2v) is 7.23. The summed E-state index contributed by atoms with van der Waals surface area (Å²) in [6.45, 7) is 4.24. The quantitative estimate of drug-likeness (QED) is 0.484. The molecule has 1 aliphatic rings. The van der Waals surface area contributed by atoms with E-state index < -0.39 is 6.10 Å². The maximum atomic E-state index is 12.4. The van der Waals surface area contributed by atoms with Gasteiger partial charge in [0.2, 0.25) is 6.10 Å². The number of carbonyl (C=O) groups is 1. The molecule has 0 fully saturated rings. The first-order valence-electron chi connectivity index (χ1n) is 8.55. The fourth-order valence-corrected chi connectivity index (χ4v) is 3.53. The number of carbonyl (C=O) groups excluding carboxylic acids is 1. The van der Waals surface area contributed by atoms with E-state index in [1.54, 1.807) is 0 Å². The van der Waals surface area contributed by atoms with Gasteiger partial charge in [-0.05, 0) is 31.5 Å². The zero-order valence-corrected chi connectivity index (χ0v) is 15.8. The highest BCUT2D eigenvalue weighted by molar-refractivity contribution is 7.99. The van der Waals surface area contributed by atoms with Gasteiger partial charge in [-0.25, -0.2) is 0 Å². The number of thioether (sulfide) groups is 1. The van der Waals surface area contributed by atoms with Crippen LogP contribution in [0.2, 0.25) is 0 Å². The van der Waals surface area contributed by atoms with Crippen LogP contribution in [0.5, 0.6) is 11.5 Å². The Morgan fingerprint density at radius 1 is 1.15 bits per heavy atom. The predicted octanol–water partition coefficient (Wildman–Crippen LogP) is 4.17. The molecule has 2 heterocycles. The van der Waals surface area contributed by atoms with Gasteiger partial charge in [0.05, 0.1) is 5.75 Å². The second kappa shape index (κ2) is 7.44. The highest BCUT2D eigenvalue weighted by Crippen LogP contribution is 2.36. The maximum Gasteiger partial charge on any atom is 0.277 e. The minimum Gasteiger partial charge on any atom is -0.485 e. The first-order chi connectivity index (χ1) is 13.1. The number of fused-ring (bicyclic) bond motifs is 1. The van der Waals surface area contributed by atoms with Crippen molar-refractivity contribution in [2.75, 3.05) is 12.4 Å². The summed E-state index contributed by atoms with van der Waals surface area (Å²) in [5.74, 6) is 1.94. The van der Waals surface area contributed by atoms with Crippen LogP contribution in [-0.4, -0.2) is 28.3 Å². The van der Waals surface area contributed by atoms with Gasteiger partial charge in [-0.15, -0.1) is 10.2 Å². The van der Waals surface area contributed by atoms with E-state index in [-0.39, 0.29) is 11.5 Å². The van der Waals surface area contributed by atoms with Gasteiger partial charge in [0.1, 0.15) is 6.61 Å². The summed E-state index contributed by atoms with van der Waals surface area (Å²) in [7, 11) is 0. The summed E-state index contributed by atoms with van der Waals surface area (Å²) in [4.78, 5) is 12.4. The third kappa shape index (κ3) is 3.83. The monoisotopic (exact) mass is 382 g/mol. The lowest BCUT2D eigenvalue weighted by Gasteiger charge is -2.23. The van der Waals surface area contributed by atoms with Crippen LogP contribution in [0.3, 0.4) is 0 Å². The van der Waals surface area contributed by atoms with Crippen LogP contribution >= 0.6 is 11.8 Å². The summed E-state index contributed by atoms with van der Waals surface area (Å²) in [6, 6.07) is 13.2. The van der Waals surface area contributed by atoms with Crippen LogP contribution in [0, 0.1) is 13.8 Å². The zero-order valence-electron chi connectivity index (χ0n) is 15.0. The Morgan fingerprint density at radius 3 is 2.78 bits per heavy atom. The molecule has 6 nitrogen and oxygen atoms in total. The molecule has 0 N–H and O–H groups in total. The largest absolute Gasteiger partial charge is 0.485 e. The van der Waals surface area contributed by atoms with Crippen molar-refractivity contribution in [3.8, 4) is 11.5 Å². The highest BCUT2D eigenvalue weighted by atomic mass is 32.2. The van der Waals surface area contributed by atoms with E-state index in [2.05, 4.69) is 10.2 Å². The van der Waals surface area contributed by atoms with Gasteiger partial charge >= 0.3 is 0 Å². The molecular weight excluding hydrogens is 364 g/mol. The van der Waals surface area contributed by atoms with E-state index in [1.807, 2.05) is 56.3 Å². The number of hydrogen-bond acceptors (Lipinski definition) is 7. The van der Waals surface area contributed by atoms with Crippen molar-refractivity contribution < 1.29 is 18.7 Å². The van der Waals surface area contributed by atoms with Crippen molar-refractivity contribution in [3.05, 3.63) is 65.0 Å². The molecule has 0 aliphatic carbocycles. The van der Waals surface area contributed by atoms with E-state index in [1.165, 1.54) is 11.8 Å². The molecule has 7 heteroatoms. The van der Waals surface area contributed by atoms with Crippen molar-refractivity contribution in [2.45, 2.75) is 25.2 Å². The number of para-hydroxylation sites is 2. The van der Waals surface area contributed by atoms with Gasteiger partial charge in [0.15, 0.2) is 17.3 Å². The lowest BCUT2D eigenvalue weighted by Crippen LogP contribution is -2.21. The number of hydrogen-bond donors (Lipinski definition) is 0. The lowest BCUT2D eigenvalue weighted by molar-refractivity contribution is 0.0686. The van der Waals surface area contributed by atoms with Gasteiger partial charge in [-0.1, -0.05) is 47.7 Å². The van der Waals surface area contributed by atoms with Crippen molar-refractivity contribution in [2.24, 2.45) is 0 Å². The Morgan fingerprint density at radius 2 is 1.96 bits per heavy atom. The van der Waals surface area contributed by atoms with Crippen LogP contribution < -0.4 is 9.47 Å². The number of aromatic nitrogens is 2. The molecule has 0 saturated heterocycles. The molecule has 138 valence electrons. The Bertz CT molecular complexity index is 986. The molecule has 0 unspecified atom stereocenters. The van der Waals surface area contributed by atoms with Crippen molar-refractivity contribution in [1.82, 2.24) is 10.2 Å². The molecule has 2 aromatic carbocycles. The number of aryl methyl sites for hydroxylation is 2. The van der Waals surface area contributed by atoms with Crippen molar-refractivity contribution in [1.29, 1.82) is 0 Å². The van der Waals surface area contributed by atoms with E-state index in [4.69, 9.17) is 13.9 Å². The average molecular weight is 382 g/mol. The minimum absolute atomic E-state index is 0.0310. The zero-order chi connectivity index (χ0) is 18.8. The molecule has 0 spiro atoms. The molecule has 3 aromatic rings. The van der Waals surface area contributed by atoms with Crippen LogP contribution in [-0.2, 0) is 0 Å². The first-order valence-corrected chi connectivity index (χ1v) is 9.54. The summed E-state index contributed by atoms with van der Waals surface area (Å²) < 4.78 is 17.2. The molecule has 4 rings (SSSR count). The third-order valence-electron chi connectivity index (χ3n) is 4.22. The van der Waals surface area contributed by atoms with Gasteiger partial charge in [-0.2, -0.15) is 0 Å². The number of Topliss-reactive ketones (excluding diaryl/α,β-unsaturated/α-hetero) is 1. The third-order valence-corrected chi connectivity index (χ3v) is 5.03. The molecule has 0 amide bonds. The summed E-state index contributed by atoms with van der Waals surface area (Å²) in [6.07, 6.45) is -0.461. The molecule has 0 bridgehead atoms. The number of ketones is 1. The maximum absolute atomic E-state index is 12.4. The Labute approximate surface area is 160 Å². The summed E-state index contributed by atoms with van der Waals surface area (Å²) >= 11 is 1.22. The van der Waals surface area contributed by atoms with Crippen LogP contribution in [0.1, 0.15) is 33.5 Å². The number of rotatable bonds is 5. The van der Waals surface area contributed by atoms with Gasteiger partial charge in [0, 0.05) is 5.56 Å². The van der Waals surface area contributed by atoms with Crippen LogP contribution in [0.4, 0.5) is 0 Å². The first kappa shape index (κ1) is 17.6. The van der Waals surface area contributed by atoms with Crippen molar-refractivity contribution >= 4 is 17.5 Å². The molecule has 27 heavy (non-hydrogen) atoms. The van der Waals surface area contributed by atoms with E-state index in [0.717, 1.165) is 11.1 Å². The molecule has 0 saturated carbocycles. The Balaban J connectivity index is 1.39. The van der Waals surface area contributed by atoms with Crippen molar-refractivity contribution in [3.63, 3.8) is 0 Å². The van der Waals surface area contributed by atoms with Gasteiger partial charge in [0.25, 0.3) is 11.1 Å². The molecule has 1 atom stereocenters. The van der Waals surface area contributed by atoms with Gasteiger partial charge < -0.3 is 13.9 Å². The van der Waals surface area contributed by atoms with E-state index in [0.29, 0.717) is 34.8 Å². The molecule has 1 aliphatic heterocycles. The lowest BCUT2D eigenvalue weighted by atomic mass is 10.0. The van der Waals surface area contributed by atoms with Gasteiger partial charge in [-0.3, -0.25) is 4.79 Å². The number of ether oxygens (including phenoxy) is 2. The highest BCUT2D eigenvalue weighted by Gasteiger charge is 2.27.